The summed E-state index contributed by atoms with van der Waals surface area (Å²) in [6.07, 6.45) is 10.1. The number of ether oxygens (including phenoxy) is 1. The number of rotatable bonds is 15. The Bertz CT molecular complexity index is 1290. The molecule has 2 N–H and O–H groups in total. The molecule has 43 heavy (non-hydrogen) atoms. The van der Waals surface area contributed by atoms with Crippen LogP contribution in [0.25, 0.3) is 0 Å². The molecule has 0 spiro atoms. The molecule has 1 aromatic rings. The Hall–Kier alpha value is -3.84. The Morgan fingerprint density at radius 3 is 2.58 bits per heavy atom. The number of carbonyl (C=O) groups excluding carboxylic acids is 1. The summed E-state index contributed by atoms with van der Waals surface area (Å²) in [5.41, 5.74) is 5.55. The lowest BCUT2D eigenvalue weighted by atomic mass is 9.88. The number of benzene rings is 1. The van der Waals surface area contributed by atoms with Crippen LogP contribution in [0.5, 0.6) is 5.75 Å². The van der Waals surface area contributed by atoms with E-state index in [-0.39, 0.29) is 12.5 Å². The number of nitriles is 1. The highest BCUT2D eigenvalue weighted by Crippen LogP contribution is 2.38. The average Bonchev–Trinajstić information content (AvgIpc) is 3.38. The molecule has 1 amide bonds. The number of nitrogens with zero attached hydrogens (tertiary/aromatic N) is 4. The molecule has 0 radical (unpaired) electrons. The minimum Gasteiger partial charge on any atom is -0.496 e. The largest absolute Gasteiger partial charge is 0.496 e. The third-order valence-electron chi connectivity index (χ3n) is 7.55. The number of hydrazine groups is 1. The second-order valence-corrected chi connectivity index (χ2v) is 10.9. The number of aliphatic imine (C=N–C) groups is 2. The lowest BCUT2D eigenvalue weighted by Crippen LogP contribution is -2.44. The van der Waals surface area contributed by atoms with Crippen LogP contribution in [0.2, 0.25) is 0 Å². The van der Waals surface area contributed by atoms with Gasteiger partial charge in [0.05, 0.1) is 41.8 Å². The molecule has 234 valence electrons. The topological polar surface area (TPSA) is 102 Å². The van der Waals surface area contributed by atoms with Crippen molar-refractivity contribution >= 4 is 18.3 Å². The van der Waals surface area contributed by atoms with Crippen molar-refractivity contribution in [1.29, 1.82) is 5.26 Å². The van der Waals surface area contributed by atoms with Gasteiger partial charge in [-0.05, 0) is 50.0 Å². The molecule has 1 aliphatic heterocycles. The molecule has 1 aliphatic rings. The highest BCUT2D eigenvalue weighted by atomic mass is 19.3. The monoisotopic (exact) mass is 596 g/mol. The highest BCUT2D eigenvalue weighted by Gasteiger charge is 2.43. The molecular weight excluding hydrogens is 550 g/mol. The summed E-state index contributed by atoms with van der Waals surface area (Å²) in [7, 11) is 3.10. The van der Waals surface area contributed by atoms with Crippen LogP contribution in [-0.2, 0) is 4.79 Å². The summed E-state index contributed by atoms with van der Waals surface area (Å²) in [5.74, 6) is -4.64. The van der Waals surface area contributed by atoms with Crippen molar-refractivity contribution in [3.8, 4) is 11.8 Å². The van der Waals surface area contributed by atoms with Gasteiger partial charge in [-0.1, -0.05) is 47.1 Å². The number of hydrogen-bond acceptors (Lipinski definition) is 7. The molecule has 2 rings (SSSR count). The molecule has 0 aliphatic carbocycles. The minimum absolute atomic E-state index is 0.0139. The zero-order valence-electron chi connectivity index (χ0n) is 26.6. The predicted octanol–water partition coefficient (Wildman–Crippen LogP) is 6.74. The maximum atomic E-state index is 15.3. The van der Waals surface area contributed by atoms with Crippen molar-refractivity contribution in [2.75, 3.05) is 20.7 Å². The Kier molecular flexibility index (Phi) is 13.7. The van der Waals surface area contributed by atoms with E-state index in [1.165, 1.54) is 27.2 Å². The quantitative estimate of drug-likeness (QED) is 0.172. The normalized spacial score (nSPS) is 17.9. The number of carbonyl (C=O) groups is 1. The first-order chi connectivity index (χ1) is 20.5. The second-order valence-electron chi connectivity index (χ2n) is 10.9. The number of amides is 1. The fraction of sp³-hybridized carbons (Fsp3) is 0.515. The Morgan fingerprint density at radius 2 is 2.02 bits per heavy atom. The molecule has 0 bridgehead atoms. The standard InChI is InChI=1S/C33H46F2N6O2/c1-9-12-16-38-30(23(6)11-3)27(19-37-7)32(42)39-28-21-41(20-25(13-10-2)33(34,35)22(4)5)40-31(28)26-17-24(18-36)14-15-29(26)43-8/h9,12,14-17,19,21-23,25,31,40H,10-11,13,20H2,1-8H3,(H,39,42)/b12-9-,30-27-,37-19?,38-16-/t23?,25-,31?/m0/s1. The van der Waals surface area contributed by atoms with E-state index in [0.717, 1.165) is 6.42 Å². The average molecular weight is 597 g/mol. The molecule has 8 nitrogen and oxygen atoms in total. The van der Waals surface area contributed by atoms with Gasteiger partial charge in [0.2, 0.25) is 0 Å². The molecule has 0 saturated heterocycles. The van der Waals surface area contributed by atoms with Gasteiger partial charge >= 0.3 is 0 Å². The zero-order chi connectivity index (χ0) is 32.2. The number of allylic oxidation sites excluding steroid dienone is 3. The lowest BCUT2D eigenvalue weighted by molar-refractivity contribution is -0.116. The van der Waals surface area contributed by atoms with Gasteiger partial charge in [0.25, 0.3) is 11.8 Å². The lowest BCUT2D eigenvalue weighted by Gasteiger charge is -2.33. The zero-order valence-corrected chi connectivity index (χ0v) is 26.6. The summed E-state index contributed by atoms with van der Waals surface area (Å²) in [5, 5.41) is 14.2. The number of alkyl halides is 2. The van der Waals surface area contributed by atoms with Gasteiger partial charge in [0, 0.05) is 49.6 Å². The van der Waals surface area contributed by atoms with E-state index < -0.39 is 29.7 Å². The fourth-order valence-corrected chi connectivity index (χ4v) is 4.89. The van der Waals surface area contributed by atoms with E-state index >= 15 is 8.78 Å². The number of hydrogen-bond donors (Lipinski definition) is 2. The van der Waals surface area contributed by atoms with Crippen molar-refractivity contribution in [3.63, 3.8) is 0 Å². The Balaban J connectivity index is 2.65. The summed E-state index contributed by atoms with van der Waals surface area (Å²) in [4.78, 5) is 22.6. The van der Waals surface area contributed by atoms with E-state index in [0.29, 0.717) is 46.7 Å². The smallest absolute Gasteiger partial charge is 0.258 e. The molecule has 3 atom stereocenters. The van der Waals surface area contributed by atoms with Crippen LogP contribution in [0.3, 0.4) is 0 Å². The van der Waals surface area contributed by atoms with Crippen LogP contribution in [0, 0.1) is 29.1 Å². The second kappa shape index (κ2) is 16.7. The molecule has 1 aromatic carbocycles. The van der Waals surface area contributed by atoms with Gasteiger partial charge in [0.1, 0.15) is 5.75 Å². The van der Waals surface area contributed by atoms with Crippen LogP contribution in [-0.4, -0.2) is 50.0 Å². The van der Waals surface area contributed by atoms with Crippen molar-refractivity contribution in [1.82, 2.24) is 15.8 Å². The number of nitrogens with one attached hydrogen (secondary N) is 2. The summed E-state index contributed by atoms with van der Waals surface area (Å²) in [6, 6.07) is 6.44. The first-order valence-electron chi connectivity index (χ1n) is 14.8. The van der Waals surface area contributed by atoms with Gasteiger partial charge in [-0.15, -0.1) is 0 Å². The molecule has 0 saturated carbocycles. The van der Waals surface area contributed by atoms with Crippen molar-refractivity contribution in [2.24, 2.45) is 27.7 Å². The third kappa shape index (κ3) is 9.07. The van der Waals surface area contributed by atoms with Gasteiger partial charge in [-0.25, -0.2) is 14.2 Å². The molecule has 0 fully saturated rings. The van der Waals surface area contributed by atoms with Gasteiger partial charge in [0.15, 0.2) is 0 Å². The first kappa shape index (κ1) is 35.4. The van der Waals surface area contributed by atoms with E-state index in [1.807, 2.05) is 33.8 Å². The van der Waals surface area contributed by atoms with E-state index in [9.17, 15) is 10.1 Å². The third-order valence-corrected chi connectivity index (χ3v) is 7.55. The summed E-state index contributed by atoms with van der Waals surface area (Å²) in [6.45, 7) is 10.8. The van der Waals surface area contributed by atoms with Crippen LogP contribution in [0.4, 0.5) is 8.78 Å². The van der Waals surface area contributed by atoms with E-state index in [2.05, 4.69) is 26.8 Å². The number of methoxy groups -OCH3 is 1. The fourth-order valence-electron chi connectivity index (χ4n) is 4.89. The van der Waals surface area contributed by atoms with Crippen LogP contribution in [0.1, 0.15) is 78.0 Å². The predicted molar refractivity (Wildman–Crippen MR) is 169 cm³/mol. The Morgan fingerprint density at radius 1 is 1.30 bits per heavy atom. The van der Waals surface area contributed by atoms with Crippen molar-refractivity contribution < 1.29 is 18.3 Å². The van der Waals surface area contributed by atoms with E-state index in [4.69, 9.17) is 4.74 Å². The molecule has 0 aromatic heterocycles. The first-order valence-corrected chi connectivity index (χ1v) is 14.8. The molecule has 10 heteroatoms. The maximum Gasteiger partial charge on any atom is 0.258 e. The van der Waals surface area contributed by atoms with Crippen LogP contribution in [0.15, 0.2) is 63.5 Å². The van der Waals surface area contributed by atoms with Gasteiger partial charge < -0.3 is 15.1 Å². The van der Waals surface area contributed by atoms with Crippen LogP contribution >= 0.6 is 0 Å². The maximum absolute atomic E-state index is 15.3. The molecular formula is C33H46F2N6O2. The van der Waals surface area contributed by atoms with Crippen molar-refractivity contribution in [3.05, 3.63) is 64.6 Å². The van der Waals surface area contributed by atoms with Gasteiger partial charge in [-0.3, -0.25) is 14.8 Å². The summed E-state index contributed by atoms with van der Waals surface area (Å²) >= 11 is 0. The highest BCUT2D eigenvalue weighted by molar-refractivity contribution is 6.13. The molecule has 2 unspecified atom stereocenters. The summed E-state index contributed by atoms with van der Waals surface area (Å²) < 4.78 is 36.1. The SMILES string of the molecule is C\C=C/C=N\C(=C(\C=NC)C(=O)NC1=CN(C[C@H](CCC)C(F)(F)C(C)C)NC1c1cc(C#N)ccc1OC)C(C)CC. The van der Waals surface area contributed by atoms with E-state index in [1.54, 1.807) is 48.7 Å². The van der Waals surface area contributed by atoms with Gasteiger partial charge in [-0.2, -0.15) is 5.26 Å². The number of halogens is 2. The Labute approximate surface area is 255 Å². The molecule has 1 heterocycles. The van der Waals surface area contributed by atoms with Crippen LogP contribution < -0.4 is 15.5 Å². The van der Waals surface area contributed by atoms with Crippen molar-refractivity contribution in [2.45, 2.75) is 72.8 Å². The minimum atomic E-state index is -2.89.